The molecule has 1 fully saturated rings. The molecule has 5 nitrogen and oxygen atoms in total. The summed E-state index contributed by atoms with van der Waals surface area (Å²) in [5.41, 5.74) is 2.98. The second kappa shape index (κ2) is 7.83. The normalized spacial score (nSPS) is 15.0. The lowest BCUT2D eigenvalue weighted by atomic mass is 10.2. The van der Waals surface area contributed by atoms with Crippen LogP contribution in [-0.4, -0.2) is 53.1 Å². The van der Waals surface area contributed by atoms with E-state index >= 15 is 0 Å². The van der Waals surface area contributed by atoms with Crippen LogP contribution in [0.4, 0.5) is 5.95 Å². The van der Waals surface area contributed by atoms with Gasteiger partial charge in [-0.05, 0) is 27.0 Å². The van der Waals surface area contributed by atoms with Gasteiger partial charge in [0.1, 0.15) is 0 Å². The molecule has 23 heavy (non-hydrogen) atoms. The van der Waals surface area contributed by atoms with Crippen molar-refractivity contribution < 1.29 is 0 Å². The summed E-state index contributed by atoms with van der Waals surface area (Å²) in [6.45, 7) is 14.9. The van der Waals surface area contributed by atoms with Crippen molar-refractivity contribution in [3.63, 3.8) is 0 Å². The maximum absolute atomic E-state index is 4.66. The zero-order valence-corrected chi connectivity index (χ0v) is 14.3. The van der Waals surface area contributed by atoms with Gasteiger partial charge in [-0.2, -0.15) is 0 Å². The van der Waals surface area contributed by atoms with E-state index in [4.69, 9.17) is 0 Å². The van der Waals surface area contributed by atoms with Crippen LogP contribution in [0.5, 0.6) is 0 Å². The van der Waals surface area contributed by atoms with Gasteiger partial charge in [-0.1, -0.05) is 25.3 Å². The van der Waals surface area contributed by atoms with Crippen molar-refractivity contribution in [1.82, 2.24) is 19.9 Å². The van der Waals surface area contributed by atoms with Gasteiger partial charge in [-0.15, -0.1) is 0 Å². The van der Waals surface area contributed by atoms with E-state index in [2.05, 4.69) is 51.0 Å². The van der Waals surface area contributed by atoms with E-state index in [1.165, 1.54) is 0 Å². The number of aromatic nitrogens is 3. The summed E-state index contributed by atoms with van der Waals surface area (Å²) < 4.78 is 0. The highest BCUT2D eigenvalue weighted by molar-refractivity contribution is 5.81. The van der Waals surface area contributed by atoms with Gasteiger partial charge in [-0.3, -0.25) is 4.98 Å². The predicted molar refractivity (Wildman–Crippen MR) is 96.9 cm³/mol. The van der Waals surface area contributed by atoms with Crippen molar-refractivity contribution in [2.75, 3.05) is 38.1 Å². The van der Waals surface area contributed by atoms with Gasteiger partial charge >= 0.3 is 0 Å². The fourth-order valence-corrected chi connectivity index (χ4v) is 2.42. The van der Waals surface area contributed by atoms with Crippen molar-refractivity contribution in [1.29, 1.82) is 0 Å². The lowest BCUT2D eigenvalue weighted by Gasteiger charge is -2.32. The van der Waals surface area contributed by atoms with Gasteiger partial charge in [-0.25, -0.2) is 9.97 Å². The Morgan fingerprint density at radius 3 is 2.30 bits per heavy atom. The van der Waals surface area contributed by atoms with Crippen LogP contribution < -0.4 is 4.90 Å². The number of likely N-dealkylation sites (N-methyl/N-ethyl adjacent to an activating group) is 1. The summed E-state index contributed by atoms with van der Waals surface area (Å²) in [7, 11) is 2.15. The Balaban J connectivity index is 0.000000433. The molecule has 3 heterocycles. The van der Waals surface area contributed by atoms with E-state index < -0.39 is 0 Å². The van der Waals surface area contributed by atoms with Crippen LogP contribution in [0.2, 0.25) is 0 Å². The molecule has 2 aromatic heterocycles. The van der Waals surface area contributed by atoms with Crippen LogP contribution in [-0.2, 0) is 0 Å². The number of aryl methyl sites for hydroxylation is 2. The molecular weight excluding hydrogens is 286 g/mol. The van der Waals surface area contributed by atoms with Crippen LogP contribution in [0, 0.1) is 13.8 Å². The van der Waals surface area contributed by atoms with Crippen molar-refractivity contribution in [2.24, 2.45) is 0 Å². The Morgan fingerprint density at radius 1 is 1.04 bits per heavy atom. The van der Waals surface area contributed by atoms with Gasteiger partial charge in [0.15, 0.2) is 0 Å². The SMILES string of the molecule is C=CC=C.Cc1cc2c(C)nc(N3CCN(C)CC3)nc2cn1. The molecule has 0 N–H and O–H groups in total. The Hall–Kier alpha value is -2.27. The van der Waals surface area contributed by atoms with Crippen molar-refractivity contribution in [3.8, 4) is 0 Å². The zero-order valence-electron chi connectivity index (χ0n) is 14.3. The Morgan fingerprint density at radius 2 is 1.70 bits per heavy atom. The molecule has 2 aromatic rings. The summed E-state index contributed by atoms with van der Waals surface area (Å²) in [4.78, 5) is 18.2. The highest BCUT2D eigenvalue weighted by Gasteiger charge is 2.17. The summed E-state index contributed by atoms with van der Waals surface area (Å²) in [6.07, 6.45) is 5.12. The fourth-order valence-electron chi connectivity index (χ4n) is 2.42. The number of allylic oxidation sites excluding steroid dienone is 2. The molecule has 0 aromatic carbocycles. The molecule has 1 aliphatic heterocycles. The fraction of sp³-hybridized carbons (Fsp3) is 0.389. The van der Waals surface area contributed by atoms with E-state index in [0.717, 1.165) is 54.4 Å². The molecule has 0 saturated carbocycles. The molecule has 0 aliphatic carbocycles. The standard InChI is InChI=1S/C14H19N5.C4H6/c1-10-8-12-11(2)16-14(17-13(12)9-15-10)19-6-4-18(3)5-7-19;1-3-4-2/h8-9H,4-7H2,1-3H3;3-4H,1-2H2. The van der Waals surface area contributed by atoms with Gasteiger partial charge in [0.2, 0.25) is 5.95 Å². The lowest BCUT2D eigenvalue weighted by molar-refractivity contribution is 0.311. The molecule has 1 saturated heterocycles. The van der Waals surface area contributed by atoms with E-state index in [1.807, 2.05) is 20.0 Å². The first-order valence-electron chi connectivity index (χ1n) is 7.83. The first kappa shape index (κ1) is 17.1. The molecule has 0 spiro atoms. The summed E-state index contributed by atoms with van der Waals surface area (Å²) in [5, 5.41) is 1.10. The van der Waals surface area contributed by atoms with Crippen LogP contribution in [0.3, 0.4) is 0 Å². The first-order valence-corrected chi connectivity index (χ1v) is 7.83. The smallest absolute Gasteiger partial charge is 0.226 e. The molecule has 3 rings (SSSR count). The average Bonchev–Trinajstić information content (AvgIpc) is 2.56. The molecule has 122 valence electrons. The zero-order chi connectivity index (χ0) is 16.8. The van der Waals surface area contributed by atoms with E-state index in [9.17, 15) is 0 Å². The summed E-state index contributed by atoms with van der Waals surface area (Å²) in [6, 6.07) is 2.05. The summed E-state index contributed by atoms with van der Waals surface area (Å²) >= 11 is 0. The number of hydrogen-bond donors (Lipinski definition) is 0. The number of hydrogen-bond acceptors (Lipinski definition) is 5. The third kappa shape index (κ3) is 4.36. The first-order chi connectivity index (χ1) is 11.0. The highest BCUT2D eigenvalue weighted by Crippen LogP contribution is 2.19. The molecule has 0 radical (unpaired) electrons. The second-order valence-electron chi connectivity index (χ2n) is 5.71. The van der Waals surface area contributed by atoms with Crippen molar-refractivity contribution >= 4 is 16.9 Å². The van der Waals surface area contributed by atoms with Crippen LogP contribution in [0.15, 0.2) is 37.6 Å². The quantitative estimate of drug-likeness (QED) is 0.798. The monoisotopic (exact) mass is 311 g/mol. The summed E-state index contributed by atoms with van der Waals surface area (Å²) in [5.74, 6) is 0.837. The Labute approximate surface area is 138 Å². The number of piperazine rings is 1. The third-order valence-corrected chi connectivity index (χ3v) is 3.85. The van der Waals surface area contributed by atoms with Crippen molar-refractivity contribution in [2.45, 2.75) is 13.8 Å². The average molecular weight is 311 g/mol. The van der Waals surface area contributed by atoms with Gasteiger partial charge < -0.3 is 9.80 Å². The third-order valence-electron chi connectivity index (χ3n) is 3.85. The van der Waals surface area contributed by atoms with Crippen LogP contribution in [0.1, 0.15) is 11.4 Å². The molecular formula is C18H25N5. The number of rotatable bonds is 2. The van der Waals surface area contributed by atoms with Crippen LogP contribution >= 0.6 is 0 Å². The second-order valence-corrected chi connectivity index (χ2v) is 5.71. The number of fused-ring (bicyclic) bond motifs is 1. The predicted octanol–water partition coefficient (Wildman–Crippen LogP) is 2.75. The van der Waals surface area contributed by atoms with E-state index in [0.29, 0.717) is 0 Å². The molecule has 0 bridgehead atoms. The number of anilines is 1. The number of pyridine rings is 1. The molecule has 0 amide bonds. The minimum atomic E-state index is 0.837. The number of nitrogens with zero attached hydrogens (tertiary/aromatic N) is 5. The topological polar surface area (TPSA) is 45.2 Å². The maximum atomic E-state index is 4.66. The molecule has 1 aliphatic rings. The Bertz CT molecular complexity index is 681. The Kier molecular flexibility index (Phi) is 5.82. The van der Waals surface area contributed by atoms with Crippen LogP contribution in [0.25, 0.3) is 10.9 Å². The largest absolute Gasteiger partial charge is 0.338 e. The molecule has 0 atom stereocenters. The highest BCUT2D eigenvalue weighted by atomic mass is 15.3. The van der Waals surface area contributed by atoms with Gasteiger partial charge in [0.25, 0.3) is 0 Å². The minimum Gasteiger partial charge on any atom is -0.338 e. The van der Waals surface area contributed by atoms with Gasteiger partial charge in [0.05, 0.1) is 17.4 Å². The lowest BCUT2D eigenvalue weighted by Crippen LogP contribution is -2.45. The van der Waals surface area contributed by atoms with E-state index in [1.54, 1.807) is 12.2 Å². The minimum absolute atomic E-state index is 0.837. The molecule has 0 unspecified atom stereocenters. The maximum Gasteiger partial charge on any atom is 0.226 e. The molecule has 5 heteroatoms. The van der Waals surface area contributed by atoms with E-state index in [-0.39, 0.29) is 0 Å². The van der Waals surface area contributed by atoms with Crippen molar-refractivity contribution in [3.05, 3.63) is 49.0 Å². The van der Waals surface area contributed by atoms with Gasteiger partial charge in [0, 0.05) is 37.3 Å².